The molecule has 0 radical (unpaired) electrons. The van der Waals surface area contributed by atoms with Gasteiger partial charge in [-0.15, -0.1) is 0 Å². The molecule has 90 valence electrons. The summed E-state index contributed by atoms with van der Waals surface area (Å²) in [5.41, 5.74) is 6.74. The summed E-state index contributed by atoms with van der Waals surface area (Å²) in [4.78, 5) is 0. The van der Waals surface area contributed by atoms with E-state index in [9.17, 15) is 4.39 Å². The minimum absolute atomic E-state index is 0.0474. The number of halogens is 1. The van der Waals surface area contributed by atoms with Crippen molar-refractivity contribution < 1.29 is 13.9 Å². The van der Waals surface area contributed by atoms with E-state index in [1.807, 2.05) is 19.1 Å². The van der Waals surface area contributed by atoms with Crippen LogP contribution in [0.25, 0.3) is 0 Å². The highest BCUT2D eigenvalue weighted by Gasteiger charge is 2.07. The Morgan fingerprint density at radius 3 is 2.69 bits per heavy atom. The van der Waals surface area contributed by atoms with Crippen LogP contribution in [0.15, 0.2) is 18.2 Å². The summed E-state index contributed by atoms with van der Waals surface area (Å²) in [5, 5.41) is 0. The molecule has 0 heterocycles. The Balaban J connectivity index is 2.76. The Kier molecular flexibility index (Phi) is 5.05. The molecule has 16 heavy (non-hydrogen) atoms. The second-order valence-electron chi connectivity index (χ2n) is 3.59. The Bertz CT molecular complexity index is 329. The maximum atomic E-state index is 11.9. The fraction of sp³-hybridized carbons (Fsp3) is 0.500. The zero-order chi connectivity index (χ0) is 12.0. The Labute approximate surface area is 95.4 Å². The van der Waals surface area contributed by atoms with Gasteiger partial charge in [-0.1, -0.05) is 6.07 Å². The number of benzene rings is 1. The van der Waals surface area contributed by atoms with Crippen molar-refractivity contribution >= 4 is 0 Å². The molecule has 2 N–H and O–H groups in total. The number of nitrogens with two attached hydrogens (primary N) is 1. The van der Waals surface area contributed by atoms with Gasteiger partial charge < -0.3 is 15.2 Å². The topological polar surface area (TPSA) is 44.5 Å². The van der Waals surface area contributed by atoms with Crippen molar-refractivity contribution in [2.24, 2.45) is 5.73 Å². The minimum atomic E-state index is -0.375. The van der Waals surface area contributed by atoms with Crippen molar-refractivity contribution in [3.63, 3.8) is 0 Å². The summed E-state index contributed by atoms with van der Waals surface area (Å²) in [6.45, 7) is 1.88. The molecule has 0 bridgehead atoms. The summed E-state index contributed by atoms with van der Waals surface area (Å²) >= 11 is 0. The van der Waals surface area contributed by atoms with Crippen molar-refractivity contribution in [3.8, 4) is 11.5 Å². The maximum Gasteiger partial charge on any atom is 0.161 e. The van der Waals surface area contributed by atoms with Crippen molar-refractivity contribution in [3.05, 3.63) is 23.8 Å². The number of hydrogen-bond donors (Lipinski definition) is 1. The van der Waals surface area contributed by atoms with Gasteiger partial charge in [0.25, 0.3) is 0 Å². The lowest BCUT2D eigenvalue weighted by atomic mass is 10.1. The molecular formula is C12H18FNO2. The molecule has 0 unspecified atom stereocenters. The lowest BCUT2D eigenvalue weighted by Crippen LogP contribution is -2.06. The van der Waals surface area contributed by atoms with Gasteiger partial charge in [0, 0.05) is 12.5 Å². The predicted octanol–water partition coefficient (Wildman–Crippen LogP) is 2.45. The van der Waals surface area contributed by atoms with Crippen LogP contribution in [0.3, 0.4) is 0 Å². The quantitative estimate of drug-likeness (QED) is 0.759. The third kappa shape index (κ3) is 3.38. The zero-order valence-corrected chi connectivity index (χ0v) is 9.70. The summed E-state index contributed by atoms with van der Waals surface area (Å²) in [6, 6.07) is 5.48. The highest BCUT2D eigenvalue weighted by atomic mass is 19.1. The molecule has 1 rings (SSSR count). The first kappa shape index (κ1) is 12.8. The van der Waals surface area contributed by atoms with Gasteiger partial charge in [0.05, 0.1) is 20.4 Å². The first-order valence-electron chi connectivity index (χ1n) is 5.31. The van der Waals surface area contributed by atoms with E-state index in [0.29, 0.717) is 24.5 Å². The monoisotopic (exact) mass is 227 g/mol. The lowest BCUT2D eigenvalue weighted by Gasteiger charge is -2.13. The number of hydrogen-bond acceptors (Lipinski definition) is 3. The molecule has 0 aromatic heterocycles. The molecule has 0 aliphatic rings. The molecule has 0 saturated heterocycles. The van der Waals surface area contributed by atoms with Gasteiger partial charge >= 0.3 is 0 Å². The van der Waals surface area contributed by atoms with Gasteiger partial charge in [0.2, 0.25) is 0 Å². The van der Waals surface area contributed by atoms with Gasteiger partial charge in [0.15, 0.2) is 11.5 Å². The van der Waals surface area contributed by atoms with Crippen molar-refractivity contribution in [2.75, 3.05) is 20.4 Å². The van der Waals surface area contributed by atoms with Crippen LogP contribution in [0.4, 0.5) is 4.39 Å². The van der Waals surface area contributed by atoms with Gasteiger partial charge in [-0.2, -0.15) is 0 Å². The smallest absolute Gasteiger partial charge is 0.161 e. The molecule has 1 atom stereocenters. The Morgan fingerprint density at radius 1 is 1.38 bits per heavy atom. The molecule has 0 fully saturated rings. The SMILES string of the molecule is COc1cc([C@@H](C)N)ccc1OCCCF. The summed E-state index contributed by atoms with van der Waals surface area (Å²) in [6.07, 6.45) is 0.387. The van der Waals surface area contributed by atoms with E-state index in [1.165, 1.54) is 0 Å². The molecule has 1 aromatic rings. The largest absolute Gasteiger partial charge is 0.493 e. The third-order valence-corrected chi connectivity index (χ3v) is 2.25. The molecule has 0 amide bonds. The highest BCUT2D eigenvalue weighted by Crippen LogP contribution is 2.29. The number of ether oxygens (including phenoxy) is 2. The molecule has 4 heteroatoms. The van der Waals surface area contributed by atoms with Crippen LogP contribution in [-0.4, -0.2) is 20.4 Å². The average Bonchev–Trinajstić information content (AvgIpc) is 2.29. The molecule has 0 aliphatic carbocycles. The van der Waals surface area contributed by atoms with Gasteiger partial charge in [-0.3, -0.25) is 4.39 Å². The first-order valence-corrected chi connectivity index (χ1v) is 5.31. The van der Waals surface area contributed by atoms with E-state index in [2.05, 4.69) is 0 Å². The van der Waals surface area contributed by atoms with Crippen LogP contribution in [0.1, 0.15) is 24.9 Å². The van der Waals surface area contributed by atoms with Crippen LogP contribution in [0, 0.1) is 0 Å². The van der Waals surface area contributed by atoms with Crippen LogP contribution in [-0.2, 0) is 0 Å². The fourth-order valence-electron chi connectivity index (χ4n) is 1.32. The molecule has 0 aliphatic heterocycles. The van der Waals surface area contributed by atoms with Gasteiger partial charge in [0.1, 0.15) is 0 Å². The molecular weight excluding hydrogens is 209 g/mol. The van der Waals surface area contributed by atoms with Crippen molar-refractivity contribution in [1.82, 2.24) is 0 Å². The fourth-order valence-corrected chi connectivity index (χ4v) is 1.32. The summed E-state index contributed by atoms with van der Waals surface area (Å²) in [5.74, 6) is 1.26. The Hall–Kier alpha value is -1.29. The zero-order valence-electron chi connectivity index (χ0n) is 9.70. The predicted molar refractivity (Wildman–Crippen MR) is 61.7 cm³/mol. The van der Waals surface area contributed by atoms with E-state index in [4.69, 9.17) is 15.2 Å². The molecule has 0 spiro atoms. The number of alkyl halides is 1. The first-order chi connectivity index (χ1) is 7.69. The van der Waals surface area contributed by atoms with E-state index in [1.54, 1.807) is 13.2 Å². The lowest BCUT2D eigenvalue weighted by molar-refractivity contribution is 0.273. The summed E-state index contributed by atoms with van der Waals surface area (Å²) < 4.78 is 22.5. The normalized spacial score (nSPS) is 12.2. The van der Waals surface area contributed by atoms with Crippen molar-refractivity contribution in [1.29, 1.82) is 0 Å². The number of rotatable bonds is 6. The molecule has 1 aromatic carbocycles. The third-order valence-electron chi connectivity index (χ3n) is 2.25. The Morgan fingerprint density at radius 2 is 2.12 bits per heavy atom. The summed E-state index contributed by atoms with van der Waals surface area (Å²) in [7, 11) is 1.57. The molecule has 3 nitrogen and oxygen atoms in total. The average molecular weight is 227 g/mol. The highest BCUT2D eigenvalue weighted by molar-refractivity contribution is 5.43. The minimum Gasteiger partial charge on any atom is -0.493 e. The van der Waals surface area contributed by atoms with E-state index < -0.39 is 0 Å². The van der Waals surface area contributed by atoms with E-state index in [0.717, 1.165) is 5.56 Å². The maximum absolute atomic E-state index is 11.9. The van der Waals surface area contributed by atoms with Crippen LogP contribution in [0.2, 0.25) is 0 Å². The van der Waals surface area contributed by atoms with Crippen molar-refractivity contribution in [2.45, 2.75) is 19.4 Å². The second-order valence-corrected chi connectivity index (χ2v) is 3.59. The molecule has 0 saturated carbocycles. The standard InChI is InChI=1S/C12H18FNO2/c1-9(14)10-4-5-11(12(8-10)15-2)16-7-3-6-13/h4-5,8-9H,3,6-7,14H2,1-2H3/t9-/m1/s1. The number of methoxy groups -OCH3 is 1. The van der Waals surface area contributed by atoms with Crippen LogP contribution < -0.4 is 15.2 Å². The van der Waals surface area contributed by atoms with Gasteiger partial charge in [-0.25, -0.2) is 0 Å². The van der Waals surface area contributed by atoms with Gasteiger partial charge in [-0.05, 0) is 24.6 Å². The van der Waals surface area contributed by atoms with Crippen LogP contribution >= 0.6 is 0 Å². The second kappa shape index (κ2) is 6.33. The van der Waals surface area contributed by atoms with E-state index >= 15 is 0 Å². The van der Waals surface area contributed by atoms with Crippen LogP contribution in [0.5, 0.6) is 11.5 Å². The van der Waals surface area contributed by atoms with E-state index in [-0.39, 0.29) is 12.7 Å².